The smallest absolute Gasteiger partial charge is 0.339 e. The van der Waals surface area contributed by atoms with Crippen LogP contribution in [0.25, 0.3) is 11.3 Å². The predicted octanol–water partition coefficient (Wildman–Crippen LogP) is 2.94. The molecule has 0 radical (unpaired) electrons. The largest absolute Gasteiger partial charge is 1.00 e. The van der Waals surface area contributed by atoms with E-state index in [0.29, 0.717) is 16.6 Å². The predicted molar refractivity (Wildman–Crippen MR) is 99.9 cm³/mol. The first-order chi connectivity index (χ1) is 11.2. The van der Waals surface area contributed by atoms with Crippen molar-refractivity contribution >= 4 is 45.4 Å². The molecule has 1 heterocycles. The number of nitrogens with zero attached hydrogens (tertiary/aromatic N) is 1. The summed E-state index contributed by atoms with van der Waals surface area (Å²) < 4.78 is 2.15. The quantitative estimate of drug-likeness (QED) is 0.517. The topological polar surface area (TPSA) is 15.9 Å². The van der Waals surface area contributed by atoms with Crippen molar-refractivity contribution in [1.82, 2.24) is 0 Å². The van der Waals surface area contributed by atoms with Gasteiger partial charge in [0, 0.05) is 16.0 Å². The van der Waals surface area contributed by atoms with Gasteiger partial charge >= 0.3 is 5.13 Å². The molecule has 3 rings (SSSR count). The monoisotopic (exact) mass is 396 g/mol. The van der Waals surface area contributed by atoms with Crippen molar-refractivity contribution in [2.75, 3.05) is 5.32 Å². The van der Waals surface area contributed by atoms with Gasteiger partial charge in [0.1, 0.15) is 17.9 Å². The van der Waals surface area contributed by atoms with E-state index in [-0.39, 0.29) is 12.4 Å². The number of nitrogens with one attached hydrogen (secondary N) is 1. The highest BCUT2D eigenvalue weighted by molar-refractivity contribution is 7.13. The van der Waals surface area contributed by atoms with Crippen LogP contribution in [0.3, 0.4) is 0 Å². The van der Waals surface area contributed by atoms with Crippen LogP contribution in [0, 0.1) is 0 Å². The van der Waals surface area contributed by atoms with Crippen molar-refractivity contribution in [2.24, 2.45) is 0 Å². The highest BCUT2D eigenvalue weighted by Gasteiger charge is 2.20. The Kier molecular flexibility index (Phi) is 6.69. The van der Waals surface area contributed by atoms with E-state index in [2.05, 4.69) is 21.8 Å². The molecule has 0 aliphatic carbocycles. The van der Waals surface area contributed by atoms with E-state index in [1.807, 2.05) is 48.5 Å². The highest BCUT2D eigenvalue weighted by atomic mass is 35.5. The third kappa shape index (κ3) is 4.11. The zero-order chi connectivity index (χ0) is 16.2. The maximum atomic E-state index is 6.37. The molecule has 1 aromatic heterocycles. The fraction of sp³-hybridized carbons (Fsp3) is 0.0556. The number of allylic oxidation sites excluding steroid dienone is 1. The van der Waals surface area contributed by atoms with E-state index in [1.165, 1.54) is 0 Å². The van der Waals surface area contributed by atoms with Gasteiger partial charge in [-0.25, -0.2) is 9.88 Å². The third-order valence-corrected chi connectivity index (χ3v) is 4.80. The SMILES string of the molecule is C=CC[n+]1c(-c2ccc(Cl)cc2Cl)csc1Nc1ccccc1.[Cl-]. The van der Waals surface area contributed by atoms with Gasteiger partial charge in [-0.05, 0) is 30.3 Å². The van der Waals surface area contributed by atoms with Gasteiger partial charge in [-0.2, -0.15) is 0 Å². The van der Waals surface area contributed by atoms with Crippen molar-refractivity contribution in [3.8, 4) is 11.3 Å². The molecule has 0 amide bonds. The fourth-order valence-corrected chi connectivity index (χ4v) is 3.77. The summed E-state index contributed by atoms with van der Waals surface area (Å²) in [6.45, 7) is 4.54. The second kappa shape index (κ2) is 8.54. The molecule has 0 bridgehead atoms. The minimum Gasteiger partial charge on any atom is -1.00 e. The van der Waals surface area contributed by atoms with E-state index in [9.17, 15) is 0 Å². The summed E-state index contributed by atoms with van der Waals surface area (Å²) in [6, 6.07) is 15.6. The number of aromatic nitrogens is 1. The molecule has 0 aliphatic rings. The average molecular weight is 398 g/mol. The Bertz CT molecular complexity index is 832. The lowest BCUT2D eigenvalue weighted by Crippen LogP contribution is -3.00. The Balaban J connectivity index is 0.00000208. The summed E-state index contributed by atoms with van der Waals surface area (Å²) in [7, 11) is 0. The molecule has 0 fully saturated rings. The number of anilines is 2. The molecular formula is C18H15Cl3N2S. The molecule has 3 aromatic rings. The highest BCUT2D eigenvalue weighted by Crippen LogP contribution is 2.32. The van der Waals surface area contributed by atoms with Crippen LogP contribution < -0.4 is 22.3 Å². The van der Waals surface area contributed by atoms with Gasteiger partial charge in [0.05, 0.1) is 5.02 Å². The van der Waals surface area contributed by atoms with E-state index in [4.69, 9.17) is 23.2 Å². The standard InChI is InChI=1S/C18H14Cl2N2S.ClH/c1-2-10-22-17(15-9-8-13(19)11-16(15)20)12-23-18(22)21-14-6-4-3-5-7-14;/h2-9,11-12H,1,10H2;1H. The molecule has 2 aromatic carbocycles. The summed E-state index contributed by atoms with van der Waals surface area (Å²) in [4.78, 5) is 0. The maximum absolute atomic E-state index is 6.37. The van der Waals surface area contributed by atoms with Crippen LogP contribution >= 0.6 is 34.5 Å². The summed E-state index contributed by atoms with van der Waals surface area (Å²) in [5, 5.41) is 7.82. The first-order valence-corrected chi connectivity index (χ1v) is 8.72. The molecule has 2 nitrogen and oxygen atoms in total. The molecule has 0 unspecified atom stereocenters. The normalized spacial score (nSPS) is 10.1. The lowest BCUT2D eigenvalue weighted by molar-refractivity contribution is -0.657. The number of benzene rings is 2. The van der Waals surface area contributed by atoms with Crippen molar-refractivity contribution in [1.29, 1.82) is 0 Å². The van der Waals surface area contributed by atoms with Gasteiger partial charge in [0.25, 0.3) is 0 Å². The number of hydrogen-bond acceptors (Lipinski definition) is 2. The Labute approximate surface area is 161 Å². The molecule has 124 valence electrons. The van der Waals surface area contributed by atoms with Gasteiger partial charge < -0.3 is 12.4 Å². The summed E-state index contributed by atoms with van der Waals surface area (Å²) in [5.74, 6) is 0. The molecule has 24 heavy (non-hydrogen) atoms. The third-order valence-electron chi connectivity index (χ3n) is 3.36. The van der Waals surface area contributed by atoms with Crippen LogP contribution in [0.15, 0.2) is 66.6 Å². The minimum absolute atomic E-state index is 0. The summed E-state index contributed by atoms with van der Waals surface area (Å²) in [5.41, 5.74) is 3.03. The molecule has 0 saturated heterocycles. The lowest BCUT2D eigenvalue weighted by atomic mass is 10.1. The van der Waals surface area contributed by atoms with E-state index in [0.717, 1.165) is 22.1 Å². The van der Waals surface area contributed by atoms with Crippen molar-refractivity contribution < 1.29 is 17.0 Å². The molecule has 0 aliphatic heterocycles. The summed E-state index contributed by atoms with van der Waals surface area (Å²) >= 11 is 14.0. The van der Waals surface area contributed by atoms with Gasteiger partial charge in [0.15, 0.2) is 0 Å². The minimum atomic E-state index is 0. The van der Waals surface area contributed by atoms with E-state index in [1.54, 1.807) is 17.4 Å². The first-order valence-electron chi connectivity index (χ1n) is 7.09. The van der Waals surface area contributed by atoms with Gasteiger partial charge in [-0.15, -0.1) is 0 Å². The maximum Gasteiger partial charge on any atom is 0.339 e. The Morgan fingerprint density at radius 3 is 2.54 bits per heavy atom. The van der Waals surface area contributed by atoms with E-state index >= 15 is 0 Å². The number of hydrogen-bond donors (Lipinski definition) is 1. The van der Waals surface area contributed by atoms with Crippen LogP contribution in [0.4, 0.5) is 10.8 Å². The first kappa shape index (κ1) is 18.8. The van der Waals surface area contributed by atoms with Crippen molar-refractivity contribution in [3.63, 3.8) is 0 Å². The molecular weight excluding hydrogens is 383 g/mol. The molecule has 1 N–H and O–H groups in total. The zero-order valence-corrected chi connectivity index (χ0v) is 15.8. The number of halogens is 3. The lowest BCUT2D eigenvalue weighted by Gasteiger charge is -2.06. The fourth-order valence-electron chi connectivity index (χ4n) is 2.31. The van der Waals surface area contributed by atoms with Crippen LogP contribution in [0.5, 0.6) is 0 Å². The Morgan fingerprint density at radius 1 is 1.12 bits per heavy atom. The van der Waals surface area contributed by atoms with Crippen molar-refractivity contribution in [3.05, 3.63) is 76.6 Å². The molecule has 0 saturated carbocycles. The molecule has 0 spiro atoms. The molecule has 0 atom stereocenters. The zero-order valence-electron chi connectivity index (χ0n) is 12.7. The van der Waals surface area contributed by atoms with Crippen LogP contribution in [0.2, 0.25) is 10.0 Å². The van der Waals surface area contributed by atoms with Crippen molar-refractivity contribution in [2.45, 2.75) is 6.54 Å². The number of rotatable bonds is 5. The Morgan fingerprint density at radius 2 is 1.88 bits per heavy atom. The summed E-state index contributed by atoms with van der Waals surface area (Å²) in [6.07, 6.45) is 1.87. The molecule has 6 heteroatoms. The second-order valence-corrected chi connectivity index (χ2v) is 6.64. The van der Waals surface area contributed by atoms with Gasteiger partial charge in [-0.1, -0.05) is 65.4 Å². The second-order valence-electron chi connectivity index (χ2n) is 4.94. The number of thiazole rings is 1. The van der Waals surface area contributed by atoms with Crippen LogP contribution in [-0.2, 0) is 6.54 Å². The van der Waals surface area contributed by atoms with Gasteiger partial charge in [-0.3, -0.25) is 0 Å². The van der Waals surface area contributed by atoms with Crippen LogP contribution in [0.1, 0.15) is 0 Å². The van der Waals surface area contributed by atoms with Gasteiger partial charge in [0.2, 0.25) is 0 Å². The Hall–Kier alpha value is -1.52. The van der Waals surface area contributed by atoms with Crippen LogP contribution in [-0.4, -0.2) is 0 Å². The average Bonchev–Trinajstić information content (AvgIpc) is 2.92. The van der Waals surface area contributed by atoms with E-state index < -0.39 is 0 Å². The number of para-hydroxylation sites is 1.